The third-order valence-electron chi connectivity index (χ3n) is 2.84. The van der Waals surface area contributed by atoms with E-state index in [0.29, 0.717) is 12.6 Å². The molecule has 5 heteroatoms. The Morgan fingerprint density at radius 2 is 2.11 bits per heavy atom. The number of aromatic nitrogens is 3. The molecule has 2 rings (SSSR count). The zero-order valence-corrected chi connectivity index (χ0v) is 11.6. The van der Waals surface area contributed by atoms with Gasteiger partial charge in [0.15, 0.2) is 5.82 Å². The van der Waals surface area contributed by atoms with Crippen molar-refractivity contribution in [3.05, 3.63) is 42.0 Å². The maximum absolute atomic E-state index is 5.83. The van der Waals surface area contributed by atoms with E-state index in [1.807, 2.05) is 29.8 Å². The molecule has 0 bridgehead atoms. The maximum atomic E-state index is 5.83. The van der Waals surface area contributed by atoms with Crippen molar-refractivity contribution in [3.8, 4) is 5.75 Å². The van der Waals surface area contributed by atoms with E-state index in [1.165, 1.54) is 0 Å². The summed E-state index contributed by atoms with van der Waals surface area (Å²) >= 11 is 0. The number of nitrogens with one attached hydrogen (secondary N) is 1. The molecular weight excluding hydrogens is 240 g/mol. The van der Waals surface area contributed by atoms with Gasteiger partial charge in [-0.2, -0.15) is 0 Å². The Kier molecular flexibility index (Phi) is 4.52. The number of rotatable bonds is 6. The highest BCUT2D eigenvalue weighted by atomic mass is 16.5. The summed E-state index contributed by atoms with van der Waals surface area (Å²) in [7, 11) is 1.91. The van der Waals surface area contributed by atoms with Crippen molar-refractivity contribution in [1.29, 1.82) is 0 Å². The Labute approximate surface area is 113 Å². The first-order valence-corrected chi connectivity index (χ1v) is 6.44. The van der Waals surface area contributed by atoms with E-state index in [2.05, 4.69) is 35.4 Å². The lowest BCUT2D eigenvalue weighted by atomic mass is 10.2. The lowest BCUT2D eigenvalue weighted by Crippen LogP contribution is -2.22. The third kappa shape index (κ3) is 3.79. The minimum atomic E-state index is 0.426. The SMILES string of the molecule is CC(C)NCc1ccccc1OCc1nncn1C. The number of aryl methyl sites for hydroxylation is 1. The van der Waals surface area contributed by atoms with Gasteiger partial charge in [-0.1, -0.05) is 32.0 Å². The van der Waals surface area contributed by atoms with E-state index >= 15 is 0 Å². The average molecular weight is 260 g/mol. The van der Waals surface area contributed by atoms with Crippen LogP contribution in [-0.2, 0) is 20.2 Å². The molecule has 102 valence electrons. The van der Waals surface area contributed by atoms with Crippen LogP contribution in [-0.4, -0.2) is 20.8 Å². The smallest absolute Gasteiger partial charge is 0.170 e. The van der Waals surface area contributed by atoms with Crippen LogP contribution in [0.5, 0.6) is 5.75 Å². The van der Waals surface area contributed by atoms with Gasteiger partial charge in [-0.05, 0) is 6.07 Å². The predicted molar refractivity (Wildman–Crippen MR) is 73.8 cm³/mol. The Bertz CT molecular complexity index is 522. The van der Waals surface area contributed by atoms with Crippen molar-refractivity contribution >= 4 is 0 Å². The van der Waals surface area contributed by atoms with E-state index in [-0.39, 0.29) is 0 Å². The molecule has 0 saturated carbocycles. The molecule has 0 saturated heterocycles. The second-order valence-corrected chi connectivity index (χ2v) is 4.79. The molecule has 1 heterocycles. The molecule has 2 aromatic rings. The minimum absolute atomic E-state index is 0.426. The highest BCUT2D eigenvalue weighted by molar-refractivity contribution is 5.33. The molecular formula is C14H20N4O. The highest BCUT2D eigenvalue weighted by Crippen LogP contribution is 2.18. The van der Waals surface area contributed by atoms with Crippen LogP contribution in [0.3, 0.4) is 0 Å². The normalized spacial score (nSPS) is 10.9. The maximum Gasteiger partial charge on any atom is 0.170 e. The molecule has 1 aromatic heterocycles. The van der Waals surface area contributed by atoms with E-state index in [0.717, 1.165) is 23.7 Å². The molecule has 0 unspecified atom stereocenters. The quantitative estimate of drug-likeness (QED) is 0.861. The first-order chi connectivity index (χ1) is 9.16. The first kappa shape index (κ1) is 13.5. The summed E-state index contributed by atoms with van der Waals surface area (Å²) < 4.78 is 7.69. The van der Waals surface area contributed by atoms with Crippen LogP contribution in [0.25, 0.3) is 0 Å². The monoisotopic (exact) mass is 260 g/mol. The van der Waals surface area contributed by atoms with Crippen molar-refractivity contribution in [2.24, 2.45) is 7.05 Å². The molecule has 0 aliphatic rings. The number of nitrogens with zero attached hydrogens (tertiary/aromatic N) is 3. The zero-order valence-electron chi connectivity index (χ0n) is 11.6. The van der Waals surface area contributed by atoms with Crippen LogP contribution >= 0.6 is 0 Å². The van der Waals surface area contributed by atoms with Crippen LogP contribution in [0.1, 0.15) is 25.2 Å². The summed E-state index contributed by atoms with van der Waals surface area (Å²) in [4.78, 5) is 0. The van der Waals surface area contributed by atoms with Crippen molar-refractivity contribution in [1.82, 2.24) is 20.1 Å². The van der Waals surface area contributed by atoms with Gasteiger partial charge in [-0.3, -0.25) is 0 Å². The number of ether oxygens (including phenoxy) is 1. The molecule has 0 amide bonds. The minimum Gasteiger partial charge on any atom is -0.485 e. The van der Waals surface area contributed by atoms with Gasteiger partial charge in [0, 0.05) is 25.2 Å². The topological polar surface area (TPSA) is 52.0 Å². The number of hydrogen-bond acceptors (Lipinski definition) is 4. The van der Waals surface area contributed by atoms with Crippen molar-refractivity contribution in [3.63, 3.8) is 0 Å². The summed E-state index contributed by atoms with van der Waals surface area (Å²) in [6.07, 6.45) is 1.67. The lowest BCUT2D eigenvalue weighted by Gasteiger charge is -2.13. The van der Waals surface area contributed by atoms with Crippen LogP contribution in [0.2, 0.25) is 0 Å². The molecule has 19 heavy (non-hydrogen) atoms. The summed E-state index contributed by atoms with van der Waals surface area (Å²) in [5.41, 5.74) is 1.15. The summed E-state index contributed by atoms with van der Waals surface area (Å²) in [6, 6.07) is 8.50. The zero-order chi connectivity index (χ0) is 13.7. The predicted octanol–water partition coefficient (Wildman–Crippen LogP) is 1.89. The summed E-state index contributed by atoms with van der Waals surface area (Å²) in [5.74, 6) is 1.70. The molecule has 0 aliphatic heterocycles. The number of hydrogen-bond donors (Lipinski definition) is 1. The van der Waals surface area contributed by atoms with Gasteiger partial charge in [-0.25, -0.2) is 0 Å². The molecule has 5 nitrogen and oxygen atoms in total. The van der Waals surface area contributed by atoms with Gasteiger partial charge < -0.3 is 14.6 Å². The fraction of sp³-hybridized carbons (Fsp3) is 0.429. The van der Waals surface area contributed by atoms with E-state index in [9.17, 15) is 0 Å². The second-order valence-electron chi connectivity index (χ2n) is 4.79. The Morgan fingerprint density at radius 3 is 2.79 bits per heavy atom. The molecule has 0 spiro atoms. The Morgan fingerprint density at radius 1 is 1.32 bits per heavy atom. The molecule has 0 fully saturated rings. The molecule has 1 N–H and O–H groups in total. The lowest BCUT2D eigenvalue weighted by molar-refractivity contribution is 0.287. The van der Waals surface area contributed by atoms with Crippen molar-refractivity contribution < 1.29 is 4.74 Å². The van der Waals surface area contributed by atoms with Crippen molar-refractivity contribution in [2.75, 3.05) is 0 Å². The second kappa shape index (κ2) is 6.33. The van der Waals surface area contributed by atoms with Crippen molar-refractivity contribution in [2.45, 2.75) is 33.0 Å². The van der Waals surface area contributed by atoms with Gasteiger partial charge in [0.25, 0.3) is 0 Å². The van der Waals surface area contributed by atoms with Gasteiger partial charge in [0.05, 0.1) is 0 Å². The summed E-state index contributed by atoms with van der Waals surface area (Å²) in [6.45, 7) is 5.48. The van der Waals surface area contributed by atoms with Gasteiger partial charge in [-0.15, -0.1) is 10.2 Å². The Hall–Kier alpha value is -1.88. The van der Waals surface area contributed by atoms with Gasteiger partial charge in [0.1, 0.15) is 18.7 Å². The van der Waals surface area contributed by atoms with E-state index in [4.69, 9.17) is 4.74 Å². The molecule has 0 aliphatic carbocycles. The van der Waals surface area contributed by atoms with Crippen LogP contribution in [0, 0.1) is 0 Å². The van der Waals surface area contributed by atoms with Gasteiger partial charge in [0.2, 0.25) is 0 Å². The number of benzene rings is 1. The highest BCUT2D eigenvalue weighted by Gasteiger charge is 2.06. The standard InChI is InChI=1S/C14H20N4O/c1-11(2)15-8-12-6-4-5-7-13(12)19-9-14-17-16-10-18(14)3/h4-7,10-11,15H,8-9H2,1-3H3. The molecule has 0 radical (unpaired) electrons. The van der Waals surface area contributed by atoms with Crippen LogP contribution in [0.4, 0.5) is 0 Å². The molecule has 1 aromatic carbocycles. The van der Waals surface area contributed by atoms with Crippen LogP contribution in [0.15, 0.2) is 30.6 Å². The third-order valence-corrected chi connectivity index (χ3v) is 2.84. The molecule has 0 atom stereocenters. The number of para-hydroxylation sites is 1. The van der Waals surface area contributed by atoms with Gasteiger partial charge >= 0.3 is 0 Å². The largest absolute Gasteiger partial charge is 0.485 e. The van der Waals surface area contributed by atoms with Crippen LogP contribution < -0.4 is 10.1 Å². The first-order valence-electron chi connectivity index (χ1n) is 6.44. The Balaban J connectivity index is 2.01. The fourth-order valence-corrected chi connectivity index (χ4v) is 1.68. The fourth-order valence-electron chi connectivity index (χ4n) is 1.68. The van der Waals surface area contributed by atoms with E-state index in [1.54, 1.807) is 6.33 Å². The van der Waals surface area contributed by atoms with E-state index < -0.39 is 0 Å². The summed E-state index contributed by atoms with van der Waals surface area (Å²) in [5, 5.41) is 11.2. The average Bonchev–Trinajstić information content (AvgIpc) is 2.80.